The first-order chi connectivity index (χ1) is 14.5. The van der Waals surface area contributed by atoms with Crippen LogP contribution in [0.15, 0.2) is 29.6 Å². The number of anilines is 1. The molecule has 1 aliphatic rings. The van der Waals surface area contributed by atoms with Crippen LogP contribution in [0.1, 0.15) is 44.1 Å². The summed E-state index contributed by atoms with van der Waals surface area (Å²) >= 11 is 2.77. The third-order valence-corrected chi connectivity index (χ3v) is 6.76. The van der Waals surface area contributed by atoms with E-state index in [-0.39, 0.29) is 5.69 Å². The number of carbonyl (C=O) groups excluding carboxylic acids is 3. The molecule has 3 N–H and O–H groups in total. The van der Waals surface area contributed by atoms with Crippen molar-refractivity contribution in [3.8, 4) is 0 Å². The van der Waals surface area contributed by atoms with Gasteiger partial charge in [0.05, 0.1) is 11.1 Å². The third-order valence-electron chi connectivity index (χ3n) is 4.90. The lowest BCUT2D eigenvalue weighted by Gasteiger charge is -2.11. The number of aryl methyl sites for hydroxylation is 1. The fourth-order valence-electron chi connectivity index (χ4n) is 3.58. The molecule has 1 aliphatic carbocycles. The van der Waals surface area contributed by atoms with Gasteiger partial charge in [-0.1, -0.05) is 17.8 Å². The van der Waals surface area contributed by atoms with Gasteiger partial charge in [-0.25, -0.2) is 9.78 Å². The number of rotatable bonds is 6. The van der Waals surface area contributed by atoms with Crippen molar-refractivity contribution in [3.05, 3.63) is 46.1 Å². The maximum absolute atomic E-state index is 12.5. The number of nitrogens with zero attached hydrogens (tertiary/aromatic N) is 2. The first kappa shape index (κ1) is 20.4. The van der Waals surface area contributed by atoms with Gasteiger partial charge in [-0.2, -0.15) is 0 Å². The minimum atomic E-state index is -0.685. The van der Waals surface area contributed by atoms with Gasteiger partial charge in [-0.05, 0) is 49.6 Å². The summed E-state index contributed by atoms with van der Waals surface area (Å²) in [6.45, 7) is -0.486. The van der Waals surface area contributed by atoms with Gasteiger partial charge in [0.25, 0.3) is 11.8 Å². The number of hydrogen-bond acceptors (Lipinski definition) is 7. The number of pyridine rings is 1. The molecular weight excluding hydrogens is 424 g/mol. The number of ether oxygens (including phenoxy) is 1. The summed E-state index contributed by atoms with van der Waals surface area (Å²) in [7, 11) is 0. The largest absolute Gasteiger partial charge is 0.451 e. The maximum atomic E-state index is 12.5. The molecule has 0 spiro atoms. The molecule has 2 amide bonds. The molecular formula is C20H20N4O4S2. The fourth-order valence-corrected chi connectivity index (χ4v) is 5.43. The second kappa shape index (κ2) is 8.49. The van der Waals surface area contributed by atoms with Crippen LogP contribution in [0.25, 0.3) is 5.52 Å². The summed E-state index contributed by atoms with van der Waals surface area (Å²) < 4.78 is 6.97. The third kappa shape index (κ3) is 3.80. The minimum absolute atomic E-state index is 0.150. The van der Waals surface area contributed by atoms with Crippen LogP contribution in [0.2, 0.25) is 0 Å². The van der Waals surface area contributed by atoms with E-state index in [4.69, 9.17) is 10.5 Å². The highest BCUT2D eigenvalue weighted by Gasteiger charge is 2.25. The Hall–Kier alpha value is -2.85. The number of fused-ring (bicyclic) bond motifs is 2. The van der Waals surface area contributed by atoms with Crippen molar-refractivity contribution in [3.63, 3.8) is 0 Å². The predicted molar refractivity (Wildman–Crippen MR) is 115 cm³/mol. The zero-order chi connectivity index (χ0) is 21.3. The quantitative estimate of drug-likeness (QED) is 0.446. The molecule has 3 heterocycles. The summed E-state index contributed by atoms with van der Waals surface area (Å²) in [5, 5.41) is 3.76. The number of primary amides is 1. The van der Waals surface area contributed by atoms with E-state index in [1.165, 1.54) is 23.1 Å². The summed E-state index contributed by atoms with van der Waals surface area (Å²) in [6.07, 6.45) is 7.36. The van der Waals surface area contributed by atoms with Gasteiger partial charge in [0.15, 0.2) is 17.5 Å². The molecule has 0 radical (unpaired) electrons. The highest BCUT2D eigenvalue weighted by atomic mass is 32.2. The van der Waals surface area contributed by atoms with Gasteiger partial charge in [0, 0.05) is 11.1 Å². The first-order valence-corrected chi connectivity index (χ1v) is 11.5. The predicted octanol–water partition coefficient (Wildman–Crippen LogP) is 2.89. The Labute approximate surface area is 180 Å². The van der Waals surface area contributed by atoms with E-state index in [0.29, 0.717) is 21.2 Å². The lowest BCUT2D eigenvalue weighted by Crippen LogP contribution is -2.23. The average molecular weight is 445 g/mol. The van der Waals surface area contributed by atoms with E-state index in [1.807, 2.05) is 18.5 Å². The lowest BCUT2D eigenvalue weighted by atomic mass is 9.95. The molecule has 3 aromatic heterocycles. The van der Waals surface area contributed by atoms with Gasteiger partial charge < -0.3 is 15.8 Å². The van der Waals surface area contributed by atoms with Crippen molar-refractivity contribution in [2.45, 2.75) is 30.8 Å². The number of nitrogens with one attached hydrogen (secondary N) is 1. The normalized spacial score (nSPS) is 13.1. The summed E-state index contributed by atoms with van der Waals surface area (Å²) in [4.78, 5) is 42.2. The van der Waals surface area contributed by atoms with Crippen LogP contribution in [-0.2, 0) is 22.4 Å². The smallest absolute Gasteiger partial charge is 0.359 e. The number of imidazole rings is 1. The Morgan fingerprint density at radius 3 is 2.87 bits per heavy atom. The molecule has 0 aromatic carbocycles. The van der Waals surface area contributed by atoms with Crippen LogP contribution in [0.5, 0.6) is 0 Å². The molecule has 0 saturated heterocycles. The van der Waals surface area contributed by atoms with Crippen molar-refractivity contribution >= 4 is 51.4 Å². The Balaban J connectivity index is 1.47. The number of aromatic nitrogens is 2. The molecule has 3 aromatic rings. The van der Waals surface area contributed by atoms with E-state index < -0.39 is 24.4 Å². The summed E-state index contributed by atoms with van der Waals surface area (Å²) in [5.74, 6) is -1.77. The van der Waals surface area contributed by atoms with Crippen LogP contribution < -0.4 is 11.1 Å². The first-order valence-electron chi connectivity index (χ1n) is 9.42. The molecule has 0 unspecified atom stereocenters. The molecule has 0 aliphatic heterocycles. The standard InChI is InChI=1S/C20H20N4O4S2/c1-29-20-23-16(12-7-4-5-9-24(12)20)19(27)28-10-14(25)22-18-15(17(21)26)11-6-2-3-8-13(11)30-18/h4-5,7,9H,2-3,6,8,10H2,1H3,(H2,21,26)(H,22,25). The Kier molecular flexibility index (Phi) is 5.78. The van der Waals surface area contributed by atoms with E-state index in [2.05, 4.69) is 10.3 Å². The molecule has 0 saturated carbocycles. The van der Waals surface area contributed by atoms with Crippen LogP contribution in [0.4, 0.5) is 5.00 Å². The van der Waals surface area contributed by atoms with Crippen molar-refractivity contribution in [2.75, 3.05) is 18.2 Å². The topological polar surface area (TPSA) is 116 Å². The molecule has 0 atom stereocenters. The number of thiophene rings is 1. The van der Waals surface area contributed by atoms with Crippen molar-refractivity contribution in [1.29, 1.82) is 0 Å². The highest BCUT2D eigenvalue weighted by molar-refractivity contribution is 7.98. The van der Waals surface area contributed by atoms with E-state index in [1.54, 1.807) is 16.5 Å². The van der Waals surface area contributed by atoms with E-state index in [0.717, 1.165) is 36.1 Å². The van der Waals surface area contributed by atoms with Crippen LogP contribution in [-0.4, -0.2) is 40.0 Å². The molecule has 0 fully saturated rings. The Morgan fingerprint density at radius 2 is 2.10 bits per heavy atom. The molecule has 8 nitrogen and oxygen atoms in total. The summed E-state index contributed by atoms with van der Waals surface area (Å²) in [5.41, 5.74) is 7.60. The van der Waals surface area contributed by atoms with Gasteiger partial charge >= 0.3 is 5.97 Å². The molecule has 156 valence electrons. The van der Waals surface area contributed by atoms with E-state index in [9.17, 15) is 14.4 Å². The zero-order valence-electron chi connectivity index (χ0n) is 16.3. The van der Waals surface area contributed by atoms with Crippen LogP contribution >= 0.6 is 23.1 Å². The van der Waals surface area contributed by atoms with Crippen LogP contribution in [0, 0.1) is 0 Å². The minimum Gasteiger partial charge on any atom is -0.451 e. The van der Waals surface area contributed by atoms with Crippen molar-refractivity contribution in [1.82, 2.24) is 9.38 Å². The second-order valence-electron chi connectivity index (χ2n) is 6.81. The van der Waals surface area contributed by atoms with Gasteiger partial charge in [0.1, 0.15) is 5.00 Å². The molecule has 10 heteroatoms. The molecule has 30 heavy (non-hydrogen) atoms. The van der Waals surface area contributed by atoms with Crippen molar-refractivity contribution < 1.29 is 19.1 Å². The van der Waals surface area contributed by atoms with Gasteiger partial charge in [-0.3, -0.25) is 14.0 Å². The van der Waals surface area contributed by atoms with Gasteiger partial charge in [0.2, 0.25) is 0 Å². The fraction of sp³-hybridized carbons (Fsp3) is 0.300. The highest BCUT2D eigenvalue weighted by Crippen LogP contribution is 2.37. The van der Waals surface area contributed by atoms with E-state index >= 15 is 0 Å². The monoisotopic (exact) mass is 444 g/mol. The van der Waals surface area contributed by atoms with Gasteiger partial charge in [-0.15, -0.1) is 11.3 Å². The SMILES string of the molecule is CSc1nc(C(=O)OCC(=O)Nc2sc3c(c2C(N)=O)CCCC3)c2ccccn12. The number of thioether (sulfide) groups is 1. The Bertz CT molecular complexity index is 1150. The Morgan fingerprint density at radius 1 is 1.30 bits per heavy atom. The molecule has 0 bridgehead atoms. The zero-order valence-corrected chi connectivity index (χ0v) is 17.9. The van der Waals surface area contributed by atoms with Crippen LogP contribution in [0.3, 0.4) is 0 Å². The summed E-state index contributed by atoms with van der Waals surface area (Å²) in [6, 6.07) is 5.40. The number of nitrogens with two attached hydrogens (primary N) is 1. The second-order valence-corrected chi connectivity index (χ2v) is 8.69. The number of esters is 1. The molecule has 4 rings (SSSR count). The average Bonchev–Trinajstić information content (AvgIpc) is 3.30. The number of carbonyl (C=O) groups is 3. The number of amides is 2. The lowest BCUT2D eigenvalue weighted by molar-refractivity contribution is -0.119. The van der Waals surface area contributed by atoms with Crippen molar-refractivity contribution in [2.24, 2.45) is 5.73 Å². The number of hydrogen-bond donors (Lipinski definition) is 2. The maximum Gasteiger partial charge on any atom is 0.359 e.